The van der Waals surface area contributed by atoms with Crippen LogP contribution in [0.3, 0.4) is 0 Å². The minimum absolute atomic E-state index is 0.148. The molecule has 82 valence electrons. The van der Waals surface area contributed by atoms with Crippen molar-refractivity contribution >= 4 is 0 Å². The normalized spacial score (nSPS) is 10.1. The molecule has 0 saturated carbocycles. The molecule has 0 aliphatic carbocycles. The Morgan fingerprint density at radius 3 is 2.81 bits per heavy atom. The Bertz CT molecular complexity index is 561. The summed E-state index contributed by atoms with van der Waals surface area (Å²) < 4.78 is 5.12. The summed E-state index contributed by atoms with van der Waals surface area (Å²) in [6.07, 6.45) is 0. The lowest BCUT2D eigenvalue weighted by molar-refractivity contribution is 0.415. The van der Waals surface area contributed by atoms with Crippen molar-refractivity contribution in [1.29, 1.82) is 0 Å². The molecule has 16 heavy (non-hydrogen) atoms. The lowest BCUT2D eigenvalue weighted by Gasteiger charge is -2.04. The van der Waals surface area contributed by atoms with Gasteiger partial charge in [-0.3, -0.25) is 4.79 Å². The third kappa shape index (κ3) is 2.11. The molecule has 0 saturated heterocycles. The fourth-order valence-electron chi connectivity index (χ4n) is 1.49. The van der Waals surface area contributed by atoms with E-state index >= 15 is 0 Å². The average molecular weight is 216 g/mol. The Kier molecular flexibility index (Phi) is 2.72. The van der Waals surface area contributed by atoms with Crippen molar-refractivity contribution in [2.24, 2.45) is 0 Å². The van der Waals surface area contributed by atoms with Crippen LogP contribution < -0.4 is 10.3 Å². The third-order valence-corrected chi connectivity index (χ3v) is 2.21. The van der Waals surface area contributed by atoms with Gasteiger partial charge in [0.2, 0.25) is 0 Å². The summed E-state index contributed by atoms with van der Waals surface area (Å²) in [5.74, 6) is 1.30. The van der Waals surface area contributed by atoms with E-state index in [1.54, 1.807) is 14.0 Å². The summed E-state index contributed by atoms with van der Waals surface area (Å²) in [6.45, 7) is 1.79. The van der Waals surface area contributed by atoms with Crippen LogP contribution in [0.25, 0.3) is 11.4 Å². The maximum absolute atomic E-state index is 11.3. The van der Waals surface area contributed by atoms with E-state index in [0.29, 0.717) is 11.5 Å². The van der Waals surface area contributed by atoms with Crippen LogP contribution in [0.1, 0.15) is 5.69 Å². The van der Waals surface area contributed by atoms with E-state index in [4.69, 9.17) is 4.74 Å². The zero-order valence-electron chi connectivity index (χ0n) is 9.15. The number of benzene rings is 1. The van der Waals surface area contributed by atoms with Crippen LogP contribution in [-0.4, -0.2) is 17.1 Å². The number of hydrogen-bond acceptors (Lipinski definition) is 3. The number of aromatic nitrogens is 2. The molecular formula is C12H12N2O2. The molecule has 1 aromatic carbocycles. The Morgan fingerprint density at radius 1 is 1.31 bits per heavy atom. The second-order valence-electron chi connectivity index (χ2n) is 3.47. The molecular weight excluding hydrogens is 204 g/mol. The minimum Gasteiger partial charge on any atom is -0.497 e. The van der Waals surface area contributed by atoms with Crippen molar-refractivity contribution in [3.8, 4) is 17.1 Å². The maximum Gasteiger partial charge on any atom is 0.251 e. The van der Waals surface area contributed by atoms with Gasteiger partial charge in [-0.2, -0.15) is 0 Å². The molecule has 1 aromatic heterocycles. The first-order valence-corrected chi connectivity index (χ1v) is 4.91. The summed E-state index contributed by atoms with van der Waals surface area (Å²) in [5, 5.41) is 0. The summed E-state index contributed by atoms with van der Waals surface area (Å²) in [6, 6.07) is 8.87. The van der Waals surface area contributed by atoms with Crippen molar-refractivity contribution in [3.05, 3.63) is 46.4 Å². The number of nitrogens with zero attached hydrogens (tertiary/aromatic N) is 1. The summed E-state index contributed by atoms with van der Waals surface area (Å²) >= 11 is 0. The minimum atomic E-state index is -0.148. The van der Waals surface area contributed by atoms with E-state index in [1.807, 2.05) is 24.3 Å². The molecule has 1 N–H and O–H groups in total. The van der Waals surface area contributed by atoms with Crippen LogP contribution >= 0.6 is 0 Å². The highest BCUT2D eigenvalue weighted by Gasteiger charge is 2.02. The van der Waals surface area contributed by atoms with E-state index in [0.717, 1.165) is 11.3 Å². The molecule has 0 radical (unpaired) electrons. The van der Waals surface area contributed by atoms with Crippen molar-refractivity contribution in [3.63, 3.8) is 0 Å². The van der Waals surface area contributed by atoms with Crippen molar-refractivity contribution < 1.29 is 4.74 Å². The zero-order chi connectivity index (χ0) is 11.5. The van der Waals surface area contributed by atoms with Gasteiger partial charge in [0.15, 0.2) is 0 Å². The van der Waals surface area contributed by atoms with E-state index < -0.39 is 0 Å². The number of rotatable bonds is 2. The smallest absolute Gasteiger partial charge is 0.251 e. The number of methoxy groups -OCH3 is 1. The van der Waals surface area contributed by atoms with Gasteiger partial charge in [-0.25, -0.2) is 4.98 Å². The molecule has 0 atom stereocenters. The van der Waals surface area contributed by atoms with Crippen LogP contribution in [0.2, 0.25) is 0 Å². The molecule has 0 aliphatic heterocycles. The number of aryl methyl sites for hydroxylation is 1. The monoisotopic (exact) mass is 216 g/mol. The van der Waals surface area contributed by atoms with Gasteiger partial charge in [-0.15, -0.1) is 0 Å². The molecule has 1 heterocycles. The topological polar surface area (TPSA) is 55.0 Å². The zero-order valence-corrected chi connectivity index (χ0v) is 9.15. The number of ether oxygens (including phenoxy) is 1. The molecule has 4 heteroatoms. The van der Waals surface area contributed by atoms with Crippen LogP contribution in [0.15, 0.2) is 35.1 Å². The largest absolute Gasteiger partial charge is 0.497 e. The SMILES string of the molecule is COc1cccc(-c2nc(C)cc(=O)[nH]2)c1. The maximum atomic E-state index is 11.3. The predicted molar refractivity (Wildman–Crippen MR) is 61.6 cm³/mol. The number of hydrogen-bond donors (Lipinski definition) is 1. The molecule has 0 spiro atoms. The van der Waals surface area contributed by atoms with Crippen LogP contribution in [0.4, 0.5) is 0 Å². The van der Waals surface area contributed by atoms with Gasteiger partial charge >= 0.3 is 0 Å². The van der Waals surface area contributed by atoms with Crippen LogP contribution in [-0.2, 0) is 0 Å². The molecule has 0 fully saturated rings. The highest BCUT2D eigenvalue weighted by Crippen LogP contribution is 2.19. The van der Waals surface area contributed by atoms with Crippen LogP contribution in [0.5, 0.6) is 5.75 Å². The molecule has 0 bridgehead atoms. The molecule has 0 aliphatic rings. The predicted octanol–water partition coefficient (Wildman–Crippen LogP) is 1.75. The first-order valence-electron chi connectivity index (χ1n) is 4.91. The fourth-order valence-corrected chi connectivity index (χ4v) is 1.49. The Labute approximate surface area is 92.9 Å². The highest BCUT2D eigenvalue weighted by molar-refractivity contribution is 5.57. The number of aromatic amines is 1. The molecule has 0 amide bonds. The number of H-pyrrole nitrogens is 1. The summed E-state index contributed by atoms with van der Waals surface area (Å²) in [7, 11) is 1.60. The van der Waals surface area contributed by atoms with Crippen LogP contribution in [0, 0.1) is 6.92 Å². The first kappa shape index (κ1) is 10.4. The third-order valence-electron chi connectivity index (χ3n) is 2.21. The van der Waals surface area contributed by atoms with Crippen molar-refractivity contribution in [2.75, 3.05) is 7.11 Å². The van der Waals surface area contributed by atoms with E-state index in [-0.39, 0.29) is 5.56 Å². The first-order chi connectivity index (χ1) is 7.69. The quantitative estimate of drug-likeness (QED) is 0.832. The second kappa shape index (κ2) is 4.18. The van der Waals surface area contributed by atoms with Gasteiger partial charge in [-0.05, 0) is 19.1 Å². The van der Waals surface area contributed by atoms with Crippen molar-refractivity contribution in [2.45, 2.75) is 6.92 Å². The Hall–Kier alpha value is -2.10. The average Bonchev–Trinajstić information content (AvgIpc) is 2.28. The van der Waals surface area contributed by atoms with Gasteiger partial charge in [0.05, 0.1) is 7.11 Å². The van der Waals surface area contributed by atoms with E-state index in [2.05, 4.69) is 9.97 Å². The van der Waals surface area contributed by atoms with E-state index in [9.17, 15) is 4.79 Å². The van der Waals surface area contributed by atoms with Gasteiger partial charge in [-0.1, -0.05) is 12.1 Å². The lowest BCUT2D eigenvalue weighted by atomic mass is 10.2. The van der Waals surface area contributed by atoms with Gasteiger partial charge < -0.3 is 9.72 Å². The summed E-state index contributed by atoms with van der Waals surface area (Å²) in [4.78, 5) is 18.3. The lowest BCUT2D eigenvalue weighted by Crippen LogP contribution is -2.08. The van der Waals surface area contributed by atoms with Gasteiger partial charge in [0.25, 0.3) is 5.56 Å². The molecule has 2 rings (SSSR count). The second-order valence-corrected chi connectivity index (χ2v) is 3.47. The van der Waals surface area contributed by atoms with E-state index in [1.165, 1.54) is 6.07 Å². The highest BCUT2D eigenvalue weighted by atomic mass is 16.5. The number of nitrogens with one attached hydrogen (secondary N) is 1. The molecule has 4 nitrogen and oxygen atoms in total. The van der Waals surface area contributed by atoms with Crippen molar-refractivity contribution in [1.82, 2.24) is 9.97 Å². The molecule has 0 unspecified atom stereocenters. The Morgan fingerprint density at radius 2 is 2.12 bits per heavy atom. The standard InChI is InChI=1S/C12H12N2O2/c1-8-6-11(15)14-12(13-8)9-4-3-5-10(7-9)16-2/h3-7H,1-2H3,(H,13,14,15). The van der Waals surface area contributed by atoms with Gasteiger partial charge in [0, 0.05) is 17.3 Å². The molecule has 2 aromatic rings. The Balaban J connectivity index is 2.53. The van der Waals surface area contributed by atoms with Gasteiger partial charge in [0.1, 0.15) is 11.6 Å². The summed E-state index contributed by atoms with van der Waals surface area (Å²) in [5.41, 5.74) is 1.38. The fraction of sp³-hybridized carbons (Fsp3) is 0.167.